The van der Waals surface area contributed by atoms with Gasteiger partial charge in [0.05, 0.1) is 24.9 Å². The highest BCUT2D eigenvalue weighted by molar-refractivity contribution is 5.96. The maximum Gasteiger partial charge on any atom is 0.255 e. The van der Waals surface area contributed by atoms with Crippen LogP contribution in [-0.2, 0) is 0 Å². The summed E-state index contributed by atoms with van der Waals surface area (Å²) < 4.78 is 10.9. The Kier molecular flexibility index (Phi) is 4.66. The van der Waals surface area contributed by atoms with Crippen molar-refractivity contribution >= 4 is 11.6 Å². The second-order valence-corrected chi connectivity index (χ2v) is 5.26. The zero-order chi connectivity index (χ0) is 16.1. The number of anilines is 1. The summed E-state index contributed by atoms with van der Waals surface area (Å²) in [5, 5.41) is 2.95. The van der Waals surface area contributed by atoms with E-state index in [1.54, 1.807) is 19.2 Å². The van der Waals surface area contributed by atoms with Crippen LogP contribution < -0.4 is 19.7 Å². The first-order valence-electron chi connectivity index (χ1n) is 7.67. The Hall–Kier alpha value is -2.69. The number of ether oxygens (including phenoxy) is 2. The molecule has 0 fully saturated rings. The molecule has 1 N–H and O–H groups in total. The van der Waals surface area contributed by atoms with Crippen molar-refractivity contribution in [2.75, 3.05) is 38.3 Å². The molecule has 2 aromatic carbocycles. The molecular formula is C18H20N2O3. The van der Waals surface area contributed by atoms with Gasteiger partial charge >= 0.3 is 0 Å². The molecule has 0 atom stereocenters. The van der Waals surface area contributed by atoms with E-state index in [2.05, 4.69) is 10.2 Å². The van der Waals surface area contributed by atoms with E-state index in [1.165, 1.54) is 0 Å². The minimum Gasteiger partial charge on any atom is -0.496 e. The van der Waals surface area contributed by atoms with E-state index >= 15 is 0 Å². The number of hydrogen-bond donors (Lipinski definition) is 1. The Morgan fingerprint density at radius 1 is 1.22 bits per heavy atom. The van der Waals surface area contributed by atoms with Gasteiger partial charge in [-0.15, -0.1) is 0 Å². The summed E-state index contributed by atoms with van der Waals surface area (Å²) in [6, 6.07) is 15.2. The van der Waals surface area contributed by atoms with Crippen LogP contribution in [0.2, 0.25) is 0 Å². The predicted octanol–water partition coefficient (Wildman–Crippen LogP) is 2.32. The van der Waals surface area contributed by atoms with E-state index in [1.807, 2.05) is 36.4 Å². The average molecular weight is 312 g/mol. The molecule has 23 heavy (non-hydrogen) atoms. The molecule has 1 aliphatic heterocycles. The van der Waals surface area contributed by atoms with Gasteiger partial charge in [0, 0.05) is 13.1 Å². The lowest BCUT2D eigenvalue weighted by Crippen LogP contribution is -2.39. The molecule has 0 aromatic heterocycles. The number of hydrogen-bond acceptors (Lipinski definition) is 4. The molecule has 0 bridgehead atoms. The van der Waals surface area contributed by atoms with Gasteiger partial charge < -0.3 is 19.7 Å². The third-order valence-electron chi connectivity index (χ3n) is 3.84. The van der Waals surface area contributed by atoms with Crippen molar-refractivity contribution in [1.82, 2.24) is 5.32 Å². The van der Waals surface area contributed by atoms with Crippen molar-refractivity contribution in [1.29, 1.82) is 0 Å². The third-order valence-corrected chi connectivity index (χ3v) is 3.84. The highest BCUT2D eigenvalue weighted by Crippen LogP contribution is 2.30. The number of rotatable bonds is 5. The number of carbonyl (C=O) groups excluding carboxylic acids is 1. The first-order chi connectivity index (χ1) is 11.3. The van der Waals surface area contributed by atoms with Crippen LogP contribution in [-0.4, -0.2) is 39.3 Å². The van der Waals surface area contributed by atoms with Crippen LogP contribution in [0, 0.1) is 0 Å². The lowest BCUT2D eigenvalue weighted by Gasteiger charge is -2.31. The summed E-state index contributed by atoms with van der Waals surface area (Å²) in [7, 11) is 1.57. The monoisotopic (exact) mass is 312 g/mol. The number of para-hydroxylation sites is 3. The van der Waals surface area contributed by atoms with E-state index in [9.17, 15) is 4.79 Å². The molecule has 0 saturated carbocycles. The maximum absolute atomic E-state index is 12.3. The molecule has 1 amide bonds. The van der Waals surface area contributed by atoms with E-state index in [0.29, 0.717) is 24.5 Å². The van der Waals surface area contributed by atoms with Gasteiger partial charge in [-0.2, -0.15) is 0 Å². The maximum atomic E-state index is 12.3. The zero-order valence-corrected chi connectivity index (χ0v) is 13.1. The van der Waals surface area contributed by atoms with Crippen LogP contribution in [0.15, 0.2) is 48.5 Å². The van der Waals surface area contributed by atoms with Crippen LogP contribution in [0.5, 0.6) is 11.5 Å². The number of nitrogens with one attached hydrogen (secondary N) is 1. The highest BCUT2D eigenvalue weighted by atomic mass is 16.5. The number of nitrogens with zero attached hydrogens (tertiary/aromatic N) is 1. The first kappa shape index (κ1) is 15.2. The van der Waals surface area contributed by atoms with E-state index in [4.69, 9.17) is 9.47 Å². The highest BCUT2D eigenvalue weighted by Gasteiger charge is 2.17. The number of methoxy groups -OCH3 is 1. The minimum absolute atomic E-state index is 0.121. The summed E-state index contributed by atoms with van der Waals surface area (Å²) >= 11 is 0. The topological polar surface area (TPSA) is 50.8 Å². The predicted molar refractivity (Wildman–Crippen MR) is 89.5 cm³/mol. The van der Waals surface area contributed by atoms with Crippen LogP contribution in [0.25, 0.3) is 0 Å². The smallest absolute Gasteiger partial charge is 0.255 e. The molecular weight excluding hydrogens is 292 g/mol. The second-order valence-electron chi connectivity index (χ2n) is 5.26. The van der Waals surface area contributed by atoms with Crippen LogP contribution in [0.4, 0.5) is 5.69 Å². The summed E-state index contributed by atoms with van der Waals surface area (Å²) in [6.45, 7) is 2.78. The van der Waals surface area contributed by atoms with E-state index in [-0.39, 0.29) is 5.91 Å². The molecule has 0 radical (unpaired) electrons. The quantitative estimate of drug-likeness (QED) is 0.920. The van der Waals surface area contributed by atoms with Gasteiger partial charge in [-0.3, -0.25) is 4.79 Å². The van der Waals surface area contributed by atoms with Crippen LogP contribution in [0.1, 0.15) is 10.4 Å². The third kappa shape index (κ3) is 3.39. The Labute approximate surface area is 135 Å². The molecule has 1 heterocycles. The zero-order valence-electron chi connectivity index (χ0n) is 13.1. The van der Waals surface area contributed by atoms with Crippen LogP contribution >= 0.6 is 0 Å². The van der Waals surface area contributed by atoms with Gasteiger partial charge in [0.15, 0.2) is 0 Å². The van der Waals surface area contributed by atoms with Crippen molar-refractivity contribution in [3.63, 3.8) is 0 Å². The molecule has 3 rings (SSSR count). The number of carbonyl (C=O) groups is 1. The molecule has 5 nitrogen and oxygen atoms in total. The average Bonchev–Trinajstić information content (AvgIpc) is 2.61. The fraction of sp³-hybridized carbons (Fsp3) is 0.278. The molecule has 5 heteroatoms. The Balaban J connectivity index is 1.59. The first-order valence-corrected chi connectivity index (χ1v) is 7.67. The molecule has 0 spiro atoms. The van der Waals surface area contributed by atoms with E-state index < -0.39 is 0 Å². The van der Waals surface area contributed by atoms with Crippen molar-refractivity contribution < 1.29 is 14.3 Å². The van der Waals surface area contributed by atoms with Crippen LogP contribution in [0.3, 0.4) is 0 Å². The Bertz CT molecular complexity index is 687. The second kappa shape index (κ2) is 7.05. The summed E-state index contributed by atoms with van der Waals surface area (Å²) in [4.78, 5) is 14.5. The Morgan fingerprint density at radius 2 is 2.00 bits per heavy atom. The van der Waals surface area contributed by atoms with Crippen molar-refractivity contribution in [2.24, 2.45) is 0 Å². The largest absolute Gasteiger partial charge is 0.496 e. The van der Waals surface area contributed by atoms with Gasteiger partial charge in [0.1, 0.15) is 18.1 Å². The summed E-state index contributed by atoms with van der Waals surface area (Å²) in [5.41, 5.74) is 1.63. The summed E-state index contributed by atoms with van der Waals surface area (Å²) in [5.74, 6) is 1.36. The summed E-state index contributed by atoms with van der Waals surface area (Å²) in [6.07, 6.45) is 0. The van der Waals surface area contributed by atoms with Crippen molar-refractivity contribution in [3.8, 4) is 11.5 Å². The molecule has 2 aromatic rings. The number of benzene rings is 2. The molecule has 0 unspecified atom stereocenters. The SMILES string of the molecule is COc1ccccc1C(=O)NCCN1CCOc2ccccc21. The van der Waals surface area contributed by atoms with Crippen molar-refractivity contribution in [2.45, 2.75) is 0 Å². The molecule has 0 aliphatic carbocycles. The van der Waals surface area contributed by atoms with Gasteiger partial charge in [-0.25, -0.2) is 0 Å². The number of amides is 1. The lowest BCUT2D eigenvalue weighted by atomic mass is 10.2. The van der Waals surface area contributed by atoms with E-state index in [0.717, 1.165) is 24.5 Å². The normalized spacial score (nSPS) is 13.0. The van der Waals surface area contributed by atoms with Gasteiger partial charge in [0.2, 0.25) is 0 Å². The van der Waals surface area contributed by atoms with Crippen molar-refractivity contribution in [3.05, 3.63) is 54.1 Å². The fourth-order valence-electron chi connectivity index (χ4n) is 2.69. The van der Waals surface area contributed by atoms with Gasteiger partial charge in [-0.05, 0) is 24.3 Å². The number of fused-ring (bicyclic) bond motifs is 1. The lowest BCUT2D eigenvalue weighted by molar-refractivity contribution is 0.0951. The fourth-order valence-corrected chi connectivity index (χ4v) is 2.69. The Morgan fingerprint density at radius 3 is 2.87 bits per heavy atom. The molecule has 0 saturated heterocycles. The molecule has 120 valence electrons. The molecule has 1 aliphatic rings. The van der Waals surface area contributed by atoms with Gasteiger partial charge in [0.25, 0.3) is 5.91 Å². The van der Waals surface area contributed by atoms with Gasteiger partial charge in [-0.1, -0.05) is 24.3 Å². The minimum atomic E-state index is -0.121. The standard InChI is InChI=1S/C18H20N2O3/c1-22-16-8-4-2-6-14(16)18(21)19-10-11-20-12-13-23-17-9-5-3-7-15(17)20/h2-9H,10-13H2,1H3,(H,19,21).